The maximum atomic E-state index is 14.7. The molecule has 1 fully saturated rings. The number of hydrogen-bond donors (Lipinski definition) is 0. The molecule has 1 aromatic heterocycles. The lowest BCUT2D eigenvalue weighted by molar-refractivity contribution is -0.107. The fourth-order valence-electron chi connectivity index (χ4n) is 3.76. The van der Waals surface area contributed by atoms with Gasteiger partial charge in [-0.3, -0.25) is 24.5 Å². The number of pyridine rings is 1. The number of amides is 1. The topological polar surface area (TPSA) is 81.5 Å². The summed E-state index contributed by atoms with van der Waals surface area (Å²) in [5, 5.41) is 0. The Morgan fingerprint density at radius 2 is 1.83 bits per heavy atom. The molecule has 2 heterocycles. The first-order valence-electron chi connectivity index (χ1n) is 11.8. The van der Waals surface area contributed by atoms with Crippen molar-refractivity contribution >= 4 is 31.1 Å². The molecule has 1 aliphatic heterocycles. The van der Waals surface area contributed by atoms with Crippen molar-refractivity contribution in [1.29, 1.82) is 0 Å². The van der Waals surface area contributed by atoms with E-state index in [0.29, 0.717) is 41.3 Å². The van der Waals surface area contributed by atoms with E-state index >= 15 is 0 Å². The highest BCUT2D eigenvalue weighted by Gasteiger charge is 2.28. The Kier molecular flexibility index (Phi) is 12.6. The van der Waals surface area contributed by atoms with Gasteiger partial charge in [0.25, 0.3) is 0 Å². The summed E-state index contributed by atoms with van der Waals surface area (Å²) in [7, 11) is 3.75. The van der Waals surface area contributed by atoms with Crippen molar-refractivity contribution < 1.29 is 14.0 Å². The van der Waals surface area contributed by atoms with Gasteiger partial charge in [-0.25, -0.2) is 9.37 Å². The molecule has 0 unspecified atom stereocenters. The van der Waals surface area contributed by atoms with E-state index in [1.807, 2.05) is 33.8 Å². The molecule has 1 aliphatic rings. The summed E-state index contributed by atoms with van der Waals surface area (Å²) in [5.74, 6) is 0.517. The predicted molar refractivity (Wildman–Crippen MR) is 146 cm³/mol. The number of likely N-dealkylation sites (N-methyl/N-ethyl adjacent to an activating group) is 1. The molecule has 0 spiro atoms. The van der Waals surface area contributed by atoms with Gasteiger partial charge >= 0.3 is 0 Å². The lowest BCUT2D eigenvalue weighted by Gasteiger charge is -2.35. The predicted octanol–water partition coefficient (Wildman–Crippen LogP) is 4.02. The number of halogens is 1. The Labute approximate surface area is 214 Å². The molecule has 0 aromatic carbocycles. The standard InChI is InChI=1S/C24H35FN6O.C3H4O/c1-9-17(4)22(21(26-6)16(2)3)31(15-32)24-19(14-20(25)18(5)28-24)23(27-7)30-12-10-29(8)11-13-30;1-2-3-4/h9,14-16H,6,10-13H2,1-5,7-8H3;2-3H,1H2/b17-9-,22-21+,27-23?;. The second-order valence-electron chi connectivity index (χ2n) is 8.63. The fourth-order valence-corrected chi connectivity index (χ4v) is 3.76. The molecule has 1 saturated heterocycles. The molecule has 0 radical (unpaired) electrons. The van der Waals surface area contributed by atoms with Gasteiger partial charge in [-0.15, -0.1) is 0 Å². The van der Waals surface area contributed by atoms with Crippen molar-refractivity contribution in [2.24, 2.45) is 15.9 Å². The van der Waals surface area contributed by atoms with Crippen LogP contribution in [-0.4, -0.2) is 80.3 Å². The molecule has 0 saturated carbocycles. The minimum absolute atomic E-state index is 0.0155. The summed E-state index contributed by atoms with van der Waals surface area (Å²) in [6, 6.07) is 1.42. The highest BCUT2D eigenvalue weighted by Crippen LogP contribution is 2.31. The monoisotopic (exact) mass is 498 g/mol. The first kappa shape index (κ1) is 30.6. The molecule has 0 atom stereocenters. The van der Waals surface area contributed by atoms with Gasteiger partial charge in [-0.05, 0) is 58.2 Å². The summed E-state index contributed by atoms with van der Waals surface area (Å²) in [6.45, 7) is 19.4. The number of carbonyl (C=O) groups excluding carboxylic acids is 2. The highest BCUT2D eigenvalue weighted by atomic mass is 19.1. The van der Waals surface area contributed by atoms with Crippen LogP contribution in [0, 0.1) is 18.7 Å². The Hall–Kier alpha value is -3.46. The van der Waals surface area contributed by atoms with Crippen molar-refractivity contribution in [2.45, 2.75) is 34.6 Å². The number of amidine groups is 1. The molecule has 1 amide bonds. The van der Waals surface area contributed by atoms with Crippen LogP contribution < -0.4 is 4.90 Å². The van der Waals surface area contributed by atoms with Crippen LogP contribution >= 0.6 is 0 Å². The summed E-state index contributed by atoms with van der Waals surface area (Å²) < 4.78 is 14.7. The quantitative estimate of drug-likeness (QED) is 0.178. The second-order valence-corrected chi connectivity index (χ2v) is 8.63. The number of nitrogens with zero attached hydrogens (tertiary/aromatic N) is 6. The van der Waals surface area contributed by atoms with Crippen LogP contribution in [0.15, 0.2) is 51.7 Å². The number of carbonyl (C=O) groups is 2. The van der Waals surface area contributed by atoms with Crippen LogP contribution in [0.2, 0.25) is 0 Å². The third-order valence-corrected chi connectivity index (χ3v) is 5.82. The molecular weight excluding hydrogens is 459 g/mol. The zero-order chi connectivity index (χ0) is 27.4. The first-order valence-corrected chi connectivity index (χ1v) is 11.8. The molecule has 2 rings (SSSR count). The number of aryl methyl sites for hydroxylation is 1. The lowest BCUT2D eigenvalue weighted by Crippen LogP contribution is -2.47. The van der Waals surface area contributed by atoms with Crippen LogP contribution in [-0.2, 0) is 9.59 Å². The number of rotatable bonds is 8. The Bertz CT molecular complexity index is 1030. The van der Waals surface area contributed by atoms with Crippen molar-refractivity contribution in [3.05, 3.63) is 58.8 Å². The largest absolute Gasteiger partial charge is 0.354 e. The first-order chi connectivity index (χ1) is 17.1. The summed E-state index contributed by atoms with van der Waals surface area (Å²) in [6.07, 6.45) is 4.45. The summed E-state index contributed by atoms with van der Waals surface area (Å²) in [4.78, 5) is 40.6. The van der Waals surface area contributed by atoms with E-state index in [1.54, 1.807) is 14.0 Å². The van der Waals surface area contributed by atoms with E-state index in [0.717, 1.165) is 31.8 Å². The van der Waals surface area contributed by atoms with Gasteiger partial charge in [0, 0.05) is 33.2 Å². The molecule has 0 aliphatic carbocycles. The average Bonchev–Trinajstić information content (AvgIpc) is 2.87. The maximum absolute atomic E-state index is 14.7. The van der Waals surface area contributed by atoms with Crippen molar-refractivity contribution in [1.82, 2.24) is 14.8 Å². The number of anilines is 1. The molecule has 9 heteroatoms. The SMILES string of the molecule is C=CC=O.C=N/C(=C(\C(C)=C/C)N(C=O)c1nc(C)c(F)cc1C(=NC)N1CCN(C)CC1)C(C)C. The molecule has 1 aromatic rings. The third kappa shape index (κ3) is 7.52. The summed E-state index contributed by atoms with van der Waals surface area (Å²) in [5.41, 5.74) is 2.79. The van der Waals surface area contributed by atoms with Gasteiger partial charge in [-0.2, -0.15) is 0 Å². The number of aldehydes is 1. The van der Waals surface area contributed by atoms with Crippen LogP contribution in [0.5, 0.6) is 0 Å². The zero-order valence-electron chi connectivity index (χ0n) is 22.6. The summed E-state index contributed by atoms with van der Waals surface area (Å²) >= 11 is 0. The van der Waals surface area contributed by atoms with Crippen molar-refractivity contribution in [3.8, 4) is 0 Å². The zero-order valence-corrected chi connectivity index (χ0v) is 22.6. The van der Waals surface area contributed by atoms with Crippen LogP contribution in [0.1, 0.15) is 39.0 Å². The van der Waals surface area contributed by atoms with Crippen molar-refractivity contribution in [2.75, 3.05) is 45.2 Å². The number of allylic oxidation sites excluding steroid dienone is 4. The Morgan fingerprint density at radius 3 is 2.25 bits per heavy atom. The van der Waals surface area contributed by atoms with E-state index in [-0.39, 0.29) is 11.6 Å². The van der Waals surface area contributed by atoms with Gasteiger partial charge < -0.3 is 9.80 Å². The lowest BCUT2D eigenvalue weighted by atomic mass is 10.0. The Balaban J connectivity index is 0.00000150. The molecule has 0 bridgehead atoms. The molecule has 36 heavy (non-hydrogen) atoms. The van der Waals surface area contributed by atoms with Crippen molar-refractivity contribution in [3.63, 3.8) is 0 Å². The fraction of sp³-hybridized carbons (Fsp3) is 0.444. The number of piperazine rings is 1. The van der Waals surface area contributed by atoms with Gasteiger partial charge in [0.1, 0.15) is 17.9 Å². The number of hydrogen-bond acceptors (Lipinski definition) is 6. The van der Waals surface area contributed by atoms with Gasteiger partial charge in [0.15, 0.2) is 5.82 Å². The van der Waals surface area contributed by atoms with Gasteiger partial charge in [0.05, 0.1) is 22.7 Å². The maximum Gasteiger partial charge on any atom is 0.219 e. The molecule has 0 N–H and O–H groups in total. The molecule has 8 nitrogen and oxygen atoms in total. The van der Waals surface area contributed by atoms with Gasteiger partial charge in [0.2, 0.25) is 6.41 Å². The Morgan fingerprint density at radius 1 is 1.25 bits per heavy atom. The van der Waals surface area contributed by atoms with E-state index in [9.17, 15) is 9.18 Å². The number of aromatic nitrogens is 1. The number of aliphatic imine (C=N–C) groups is 2. The van der Waals surface area contributed by atoms with E-state index < -0.39 is 5.82 Å². The van der Waals surface area contributed by atoms with Crippen LogP contribution in [0.3, 0.4) is 0 Å². The highest BCUT2D eigenvalue weighted by molar-refractivity contribution is 6.05. The van der Waals surface area contributed by atoms with Crippen LogP contribution in [0.4, 0.5) is 10.2 Å². The van der Waals surface area contributed by atoms with Gasteiger partial charge in [-0.1, -0.05) is 26.5 Å². The minimum atomic E-state index is -0.441. The molecule has 196 valence electrons. The normalized spacial score (nSPS) is 15.5. The third-order valence-electron chi connectivity index (χ3n) is 5.82. The second kappa shape index (κ2) is 14.8. The van der Waals surface area contributed by atoms with E-state index in [1.165, 1.54) is 17.0 Å². The smallest absolute Gasteiger partial charge is 0.219 e. The van der Waals surface area contributed by atoms with E-state index in [4.69, 9.17) is 4.79 Å². The van der Waals surface area contributed by atoms with E-state index in [2.05, 4.69) is 45.1 Å². The van der Waals surface area contributed by atoms with Crippen LogP contribution in [0.25, 0.3) is 0 Å². The average molecular weight is 499 g/mol. The molecular formula is C27H39FN6O2. The minimum Gasteiger partial charge on any atom is -0.354 e.